The van der Waals surface area contributed by atoms with Gasteiger partial charge in [-0.2, -0.15) is 0 Å². The van der Waals surface area contributed by atoms with Crippen molar-refractivity contribution >= 4 is 28.9 Å². The molecule has 0 aliphatic heterocycles. The molecule has 0 saturated carbocycles. The maximum absolute atomic E-state index is 13.1. The second kappa shape index (κ2) is 9.41. The van der Waals surface area contributed by atoms with Gasteiger partial charge >= 0.3 is 0 Å². The molecule has 154 valence electrons. The predicted octanol–water partition coefficient (Wildman–Crippen LogP) is 4.08. The van der Waals surface area contributed by atoms with Crippen LogP contribution in [-0.2, 0) is 4.79 Å². The molecule has 0 unspecified atom stereocenters. The SMILES string of the molecule is Nc1c(NNC(=O)C(c2ccccc2)c2ccccc2)ncnc1Nc1ccccc1. The summed E-state index contributed by atoms with van der Waals surface area (Å²) in [6, 6.07) is 28.8. The number of para-hydroxylation sites is 1. The molecule has 1 heterocycles. The van der Waals surface area contributed by atoms with Crippen LogP contribution >= 0.6 is 0 Å². The number of anilines is 4. The summed E-state index contributed by atoms with van der Waals surface area (Å²) in [6.07, 6.45) is 1.38. The van der Waals surface area contributed by atoms with Crippen molar-refractivity contribution in [2.75, 3.05) is 16.5 Å². The van der Waals surface area contributed by atoms with Gasteiger partial charge in [0.05, 0.1) is 5.92 Å². The van der Waals surface area contributed by atoms with Gasteiger partial charge in [-0.25, -0.2) is 9.97 Å². The number of hydrazine groups is 1. The number of nitrogen functional groups attached to an aromatic ring is 1. The molecule has 0 fully saturated rings. The quantitative estimate of drug-likeness (QED) is 0.342. The van der Waals surface area contributed by atoms with Crippen LogP contribution in [0, 0.1) is 0 Å². The Bertz CT molecular complexity index is 1100. The highest BCUT2D eigenvalue weighted by Gasteiger charge is 2.23. The van der Waals surface area contributed by atoms with Crippen molar-refractivity contribution in [1.82, 2.24) is 15.4 Å². The van der Waals surface area contributed by atoms with Crippen molar-refractivity contribution in [3.05, 3.63) is 108 Å². The highest BCUT2D eigenvalue weighted by molar-refractivity contribution is 5.89. The molecule has 3 aromatic carbocycles. The van der Waals surface area contributed by atoms with E-state index in [-0.39, 0.29) is 5.91 Å². The van der Waals surface area contributed by atoms with Crippen LogP contribution in [0.15, 0.2) is 97.3 Å². The molecular formula is C24H22N6O. The lowest BCUT2D eigenvalue weighted by atomic mass is 9.91. The van der Waals surface area contributed by atoms with Gasteiger partial charge in [0, 0.05) is 5.69 Å². The smallest absolute Gasteiger partial charge is 0.250 e. The molecule has 1 aromatic heterocycles. The summed E-state index contributed by atoms with van der Waals surface area (Å²) in [7, 11) is 0. The summed E-state index contributed by atoms with van der Waals surface area (Å²) in [5, 5.41) is 3.15. The molecule has 5 N–H and O–H groups in total. The molecule has 0 bridgehead atoms. The Balaban J connectivity index is 1.52. The first-order valence-electron chi connectivity index (χ1n) is 9.80. The van der Waals surface area contributed by atoms with E-state index >= 15 is 0 Å². The van der Waals surface area contributed by atoms with E-state index < -0.39 is 5.92 Å². The van der Waals surface area contributed by atoms with Gasteiger partial charge in [-0.1, -0.05) is 78.9 Å². The Morgan fingerprint density at radius 3 is 1.84 bits per heavy atom. The summed E-state index contributed by atoms with van der Waals surface area (Å²) in [5.41, 5.74) is 14.7. The minimum absolute atomic E-state index is 0.229. The summed E-state index contributed by atoms with van der Waals surface area (Å²) < 4.78 is 0. The van der Waals surface area contributed by atoms with E-state index in [0.717, 1.165) is 16.8 Å². The van der Waals surface area contributed by atoms with E-state index in [2.05, 4.69) is 26.1 Å². The minimum Gasteiger partial charge on any atom is -0.393 e. The predicted molar refractivity (Wildman–Crippen MR) is 123 cm³/mol. The highest BCUT2D eigenvalue weighted by Crippen LogP contribution is 2.27. The van der Waals surface area contributed by atoms with Crippen molar-refractivity contribution in [2.24, 2.45) is 0 Å². The lowest BCUT2D eigenvalue weighted by Gasteiger charge is -2.19. The zero-order valence-electron chi connectivity index (χ0n) is 16.7. The Kier molecular flexibility index (Phi) is 6.04. The van der Waals surface area contributed by atoms with E-state index in [9.17, 15) is 4.79 Å². The normalized spacial score (nSPS) is 10.5. The number of carbonyl (C=O) groups is 1. The number of benzene rings is 3. The number of nitrogens with zero attached hydrogens (tertiary/aromatic N) is 2. The van der Waals surface area contributed by atoms with Gasteiger partial charge in [-0.05, 0) is 23.3 Å². The summed E-state index contributed by atoms with van der Waals surface area (Å²) in [4.78, 5) is 21.5. The lowest BCUT2D eigenvalue weighted by molar-refractivity contribution is -0.121. The van der Waals surface area contributed by atoms with Crippen LogP contribution in [0.3, 0.4) is 0 Å². The Morgan fingerprint density at radius 1 is 0.742 bits per heavy atom. The van der Waals surface area contributed by atoms with E-state index in [4.69, 9.17) is 5.73 Å². The van der Waals surface area contributed by atoms with E-state index in [0.29, 0.717) is 17.3 Å². The average Bonchev–Trinajstić information content (AvgIpc) is 2.82. The van der Waals surface area contributed by atoms with Gasteiger partial charge in [0.25, 0.3) is 0 Å². The third-order valence-electron chi connectivity index (χ3n) is 4.75. The standard InChI is InChI=1S/C24H22N6O/c25-21-22(28-19-14-8-3-9-15-19)26-16-27-23(21)29-30-24(31)20(17-10-4-1-5-11-17)18-12-6-2-7-13-18/h1-16,20H,25H2,(H,30,31)(H2,26,27,28,29). The third kappa shape index (κ3) is 4.79. The molecule has 0 radical (unpaired) electrons. The van der Waals surface area contributed by atoms with Crippen LogP contribution in [0.4, 0.5) is 23.0 Å². The van der Waals surface area contributed by atoms with Crippen molar-refractivity contribution < 1.29 is 4.79 Å². The first-order valence-corrected chi connectivity index (χ1v) is 9.80. The molecule has 4 rings (SSSR count). The molecule has 4 aromatic rings. The number of amides is 1. The van der Waals surface area contributed by atoms with Crippen molar-refractivity contribution in [3.63, 3.8) is 0 Å². The molecule has 31 heavy (non-hydrogen) atoms. The van der Waals surface area contributed by atoms with Gasteiger partial charge < -0.3 is 11.1 Å². The minimum atomic E-state index is -0.486. The highest BCUT2D eigenvalue weighted by atomic mass is 16.2. The molecule has 0 aliphatic carbocycles. The number of nitrogens with two attached hydrogens (primary N) is 1. The first kappa shape index (κ1) is 19.9. The van der Waals surface area contributed by atoms with Crippen molar-refractivity contribution in [2.45, 2.75) is 5.92 Å². The first-order chi connectivity index (χ1) is 15.2. The monoisotopic (exact) mass is 410 g/mol. The van der Waals surface area contributed by atoms with Gasteiger partial charge in [-0.15, -0.1) is 0 Å². The van der Waals surface area contributed by atoms with Crippen molar-refractivity contribution in [1.29, 1.82) is 0 Å². The van der Waals surface area contributed by atoms with Gasteiger partial charge in [0.1, 0.15) is 12.0 Å². The molecule has 0 atom stereocenters. The zero-order valence-corrected chi connectivity index (χ0v) is 16.7. The maximum atomic E-state index is 13.1. The van der Waals surface area contributed by atoms with Crippen LogP contribution in [0.25, 0.3) is 0 Å². The van der Waals surface area contributed by atoms with Crippen LogP contribution in [-0.4, -0.2) is 15.9 Å². The third-order valence-corrected chi connectivity index (χ3v) is 4.75. The molecule has 7 heteroatoms. The summed E-state index contributed by atoms with van der Waals surface area (Å²) >= 11 is 0. The zero-order chi connectivity index (χ0) is 21.5. The molecule has 1 amide bonds. The van der Waals surface area contributed by atoms with Gasteiger partial charge in [-0.3, -0.25) is 15.6 Å². The fraction of sp³-hybridized carbons (Fsp3) is 0.0417. The number of nitrogens with one attached hydrogen (secondary N) is 3. The largest absolute Gasteiger partial charge is 0.393 e. The van der Waals surface area contributed by atoms with Crippen molar-refractivity contribution in [3.8, 4) is 0 Å². The Hall–Kier alpha value is -4.39. The molecule has 0 saturated heterocycles. The summed E-state index contributed by atoms with van der Waals surface area (Å²) in [6.45, 7) is 0. The molecule has 7 nitrogen and oxygen atoms in total. The second-order valence-corrected chi connectivity index (χ2v) is 6.84. The Labute approximate surface area is 180 Å². The van der Waals surface area contributed by atoms with E-state index in [1.807, 2.05) is 91.0 Å². The number of carbonyl (C=O) groups excluding carboxylic acids is 1. The molecule has 0 spiro atoms. The molecular weight excluding hydrogens is 388 g/mol. The molecule has 0 aliphatic rings. The van der Waals surface area contributed by atoms with E-state index in [1.165, 1.54) is 6.33 Å². The maximum Gasteiger partial charge on any atom is 0.250 e. The van der Waals surface area contributed by atoms with E-state index in [1.54, 1.807) is 0 Å². The Morgan fingerprint density at radius 2 is 1.26 bits per heavy atom. The van der Waals surface area contributed by atoms with Crippen LogP contribution in [0.5, 0.6) is 0 Å². The number of aromatic nitrogens is 2. The fourth-order valence-electron chi connectivity index (χ4n) is 3.23. The van der Waals surface area contributed by atoms with Crippen LogP contribution in [0.1, 0.15) is 17.0 Å². The second-order valence-electron chi connectivity index (χ2n) is 6.84. The van der Waals surface area contributed by atoms with Gasteiger partial charge in [0.15, 0.2) is 11.6 Å². The average molecular weight is 410 g/mol. The summed E-state index contributed by atoms with van der Waals surface area (Å²) in [5.74, 6) is 0.0372. The number of rotatable bonds is 7. The topological polar surface area (TPSA) is 105 Å². The number of hydrogen-bond donors (Lipinski definition) is 4. The number of hydrogen-bond acceptors (Lipinski definition) is 6. The fourth-order valence-corrected chi connectivity index (χ4v) is 3.23. The van der Waals surface area contributed by atoms with Crippen LogP contribution < -0.4 is 21.9 Å². The lowest BCUT2D eigenvalue weighted by Crippen LogP contribution is -2.35. The van der Waals surface area contributed by atoms with Crippen LogP contribution in [0.2, 0.25) is 0 Å². The van der Waals surface area contributed by atoms with Gasteiger partial charge in [0.2, 0.25) is 5.91 Å².